The maximum Gasteiger partial charge on any atom is 0.305 e. The maximum atomic E-state index is 14.5. The summed E-state index contributed by atoms with van der Waals surface area (Å²) in [6.07, 6.45) is -1.96. The molecule has 0 aliphatic carbocycles. The largest absolute Gasteiger partial charge is 0.508 e. The Balaban J connectivity index is 1.34. The molecule has 2 aliphatic heterocycles. The molecule has 88 heavy (non-hydrogen) atoms. The molecule has 2 fully saturated rings. The van der Waals surface area contributed by atoms with Gasteiger partial charge in [-0.25, -0.2) is 0 Å². The minimum atomic E-state index is -1.91. The van der Waals surface area contributed by atoms with E-state index in [1.165, 1.54) is 108 Å². The molecule has 0 spiro atoms. The van der Waals surface area contributed by atoms with Crippen molar-refractivity contribution in [3.8, 4) is 17.2 Å². The lowest BCUT2D eigenvalue weighted by Crippen LogP contribution is -2.61. The quantitative estimate of drug-likeness (QED) is 0.0265. The van der Waals surface area contributed by atoms with Crippen LogP contribution in [-0.4, -0.2) is 191 Å². The zero-order valence-corrected chi connectivity index (χ0v) is 50.6. The maximum absolute atomic E-state index is 14.5. The third kappa shape index (κ3) is 21.1. The number of carbonyl (C=O) groups is 12. The van der Waals surface area contributed by atoms with Crippen molar-refractivity contribution < 1.29 is 83.1 Å². The van der Waals surface area contributed by atoms with Crippen LogP contribution < -0.4 is 48.7 Å². The van der Waals surface area contributed by atoms with Crippen LogP contribution in [-0.2, 0) is 76.8 Å². The highest BCUT2D eigenvalue weighted by Gasteiger charge is 2.43. The van der Waals surface area contributed by atoms with Gasteiger partial charge in [0.15, 0.2) is 0 Å². The van der Waals surface area contributed by atoms with Gasteiger partial charge in [0.05, 0.1) is 18.9 Å². The van der Waals surface area contributed by atoms with Gasteiger partial charge in [-0.1, -0.05) is 78.8 Å². The Morgan fingerprint density at radius 3 is 1.33 bits per heavy atom. The highest BCUT2D eigenvalue weighted by molar-refractivity contribution is 8.76. The lowest BCUT2D eigenvalue weighted by Gasteiger charge is -2.32. The minimum Gasteiger partial charge on any atom is -0.508 e. The van der Waals surface area contributed by atoms with Crippen molar-refractivity contribution in [3.05, 3.63) is 89.5 Å². The Labute approximate surface area is 515 Å². The zero-order valence-electron chi connectivity index (χ0n) is 49.0. The molecule has 2 heterocycles. The first-order chi connectivity index (χ1) is 41.6. The van der Waals surface area contributed by atoms with Gasteiger partial charge in [-0.3, -0.25) is 57.5 Å². The second kappa shape index (κ2) is 33.5. The number of aromatic hydroxyl groups is 3. The van der Waals surface area contributed by atoms with Gasteiger partial charge in [-0.2, -0.15) is 0 Å². The van der Waals surface area contributed by atoms with E-state index >= 15 is 0 Å². The molecule has 5 rings (SSSR count). The first-order valence-corrected chi connectivity index (χ1v) is 30.9. The average Bonchev–Trinajstić information content (AvgIpc) is 2.61. The Morgan fingerprint density at radius 2 is 0.886 bits per heavy atom. The molecule has 0 radical (unpaired) electrons. The van der Waals surface area contributed by atoms with Crippen LogP contribution in [0.2, 0.25) is 0 Å². The van der Waals surface area contributed by atoms with Gasteiger partial charge in [0, 0.05) is 43.9 Å². The summed E-state index contributed by atoms with van der Waals surface area (Å²) in [6, 6.07) is 2.75. The number of carboxylic acid groups (broad SMARTS) is 2. The summed E-state index contributed by atoms with van der Waals surface area (Å²) in [5.74, 6) is -12.2. The SMILES string of the molecule is CCSSCC(N)C(=O)NC(Cc1ccc(O)cc1)C(=O)N1CCCC1C(=O)NC(Cc1ccc(O)cc1)C(=O)NC(CC(=O)O)C(=O)NC(C(=O)N1CCCC1C(=O)NC(CC(=O)O)C(=O)NC(Cc1ccc(O)cc1)C(=O)NC(C)C(N)=O)C(C)C. The second-order valence-corrected chi connectivity index (χ2v) is 24.4. The molecule has 10 atom stereocenters. The van der Waals surface area contributed by atoms with Crippen LogP contribution in [0.1, 0.15) is 82.9 Å². The molecule has 478 valence electrons. The Morgan fingerprint density at radius 1 is 0.511 bits per heavy atom. The summed E-state index contributed by atoms with van der Waals surface area (Å²) >= 11 is 0. The number of aliphatic carboxylic acids is 2. The number of carbonyl (C=O) groups excluding carboxylic acids is 10. The first kappa shape index (κ1) is 70.1. The van der Waals surface area contributed by atoms with Crippen LogP contribution in [0.15, 0.2) is 72.8 Å². The Bertz CT molecular complexity index is 2990. The fourth-order valence-corrected chi connectivity index (χ4v) is 11.6. The molecule has 0 aromatic heterocycles. The summed E-state index contributed by atoms with van der Waals surface area (Å²) in [6.45, 7) is 6.29. The smallest absolute Gasteiger partial charge is 0.305 e. The van der Waals surface area contributed by atoms with Gasteiger partial charge in [0.1, 0.15) is 71.6 Å². The van der Waals surface area contributed by atoms with Crippen molar-refractivity contribution in [2.45, 2.75) is 146 Å². The number of likely N-dealkylation sites (tertiary alicyclic amines) is 2. The third-order valence-electron chi connectivity index (χ3n) is 14.5. The van der Waals surface area contributed by atoms with Crippen molar-refractivity contribution >= 4 is 92.6 Å². The fraction of sp³-hybridized carbons (Fsp3) is 0.483. The van der Waals surface area contributed by atoms with Gasteiger partial charge in [-0.05, 0) is 91.6 Å². The lowest BCUT2D eigenvalue weighted by molar-refractivity contribution is -0.145. The molecule has 10 unspecified atom stereocenters. The molecule has 2 saturated heterocycles. The van der Waals surface area contributed by atoms with E-state index in [1.807, 2.05) is 6.92 Å². The Hall–Kier alpha value is -8.64. The summed E-state index contributed by atoms with van der Waals surface area (Å²) in [5, 5.41) is 67.1. The Kier molecular flexibility index (Phi) is 26.7. The van der Waals surface area contributed by atoms with Gasteiger partial charge in [-0.15, -0.1) is 0 Å². The van der Waals surface area contributed by atoms with Gasteiger partial charge >= 0.3 is 11.9 Å². The number of hydrogen-bond donors (Lipinski definition) is 14. The van der Waals surface area contributed by atoms with E-state index in [9.17, 15) is 83.1 Å². The van der Waals surface area contributed by atoms with Crippen LogP contribution >= 0.6 is 21.6 Å². The number of rotatable bonds is 32. The summed E-state index contributed by atoms with van der Waals surface area (Å²) in [5.41, 5.74) is 12.9. The summed E-state index contributed by atoms with van der Waals surface area (Å²) in [4.78, 5) is 166. The van der Waals surface area contributed by atoms with E-state index in [0.717, 1.165) is 10.7 Å². The van der Waals surface area contributed by atoms with Crippen molar-refractivity contribution in [3.63, 3.8) is 0 Å². The molecule has 28 nitrogen and oxygen atoms in total. The average molecular weight is 1260 g/mol. The molecule has 0 saturated carbocycles. The number of amides is 10. The number of nitrogens with one attached hydrogen (secondary N) is 7. The molecular formula is C58H77N11O17S2. The van der Waals surface area contributed by atoms with E-state index < -0.39 is 150 Å². The predicted octanol–water partition coefficient (Wildman–Crippen LogP) is -0.954. The van der Waals surface area contributed by atoms with Crippen molar-refractivity contribution in [2.24, 2.45) is 17.4 Å². The molecule has 0 bridgehead atoms. The van der Waals surface area contributed by atoms with Crippen molar-refractivity contribution in [1.82, 2.24) is 47.0 Å². The number of carboxylic acids is 2. The number of phenolic OH excluding ortho intramolecular Hbond substituents is 3. The van der Waals surface area contributed by atoms with Crippen LogP contribution in [0.25, 0.3) is 0 Å². The van der Waals surface area contributed by atoms with E-state index in [2.05, 4.69) is 37.2 Å². The van der Waals surface area contributed by atoms with Crippen LogP contribution in [0.5, 0.6) is 17.2 Å². The monoisotopic (exact) mass is 1260 g/mol. The van der Waals surface area contributed by atoms with Gasteiger partial charge in [0.2, 0.25) is 59.1 Å². The number of nitrogens with two attached hydrogens (primary N) is 2. The lowest BCUT2D eigenvalue weighted by atomic mass is 10.0. The molecule has 16 N–H and O–H groups in total. The molecule has 3 aromatic carbocycles. The van der Waals surface area contributed by atoms with E-state index in [-0.39, 0.29) is 74.6 Å². The van der Waals surface area contributed by atoms with Crippen LogP contribution in [0, 0.1) is 5.92 Å². The summed E-state index contributed by atoms with van der Waals surface area (Å²) in [7, 11) is 2.88. The van der Waals surface area contributed by atoms with E-state index in [1.54, 1.807) is 12.1 Å². The van der Waals surface area contributed by atoms with Crippen LogP contribution in [0.4, 0.5) is 0 Å². The predicted molar refractivity (Wildman–Crippen MR) is 321 cm³/mol. The number of phenols is 3. The molecule has 3 aromatic rings. The van der Waals surface area contributed by atoms with Crippen molar-refractivity contribution in [2.75, 3.05) is 24.6 Å². The first-order valence-electron chi connectivity index (χ1n) is 28.5. The number of nitrogens with zero attached hydrogens (tertiary/aromatic N) is 2. The number of primary amides is 1. The van der Waals surface area contributed by atoms with Crippen molar-refractivity contribution in [1.29, 1.82) is 0 Å². The van der Waals surface area contributed by atoms with E-state index in [4.69, 9.17) is 11.5 Å². The minimum absolute atomic E-state index is 0.00320. The zero-order chi connectivity index (χ0) is 64.9. The number of hydrogen-bond acceptors (Lipinski definition) is 18. The molecule has 2 aliphatic rings. The molecular weight excluding hydrogens is 1190 g/mol. The third-order valence-corrected chi connectivity index (χ3v) is 17.0. The molecule has 30 heteroatoms. The standard InChI is InChI=1S/C58H77N11O17S2/c1-5-87-88-29-38(59)50(78)66-43(26-34-14-20-37(72)21-15-34)57(85)68-22-6-8-44(68)55(83)64-40(25-33-12-18-36(71)19-13-33)52(80)63-42(28-47(75)76)54(82)67-48(30(2)3)58(86)69-23-7-9-45(69)56(84)65-41(27-46(73)74)53(81)62-39(51(79)61-31(4)49(60)77)24-32-10-16-35(70)17-11-32/h10-21,30-31,38-45,48,70-72H,5-9,22-29,59H2,1-4H3,(H2,60,77)(H,61,79)(H,62,81)(H,63,80)(H,64,83)(H,65,84)(H,66,78)(H,67,82)(H,73,74)(H,75,76). The highest BCUT2D eigenvalue weighted by Crippen LogP contribution is 2.25. The van der Waals surface area contributed by atoms with Gasteiger partial charge in [0.25, 0.3) is 0 Å². The highest BCUT2D eigenvalue weighted by atomic mass is 33.1. The topological polar surface area (TPSA) is 449 Å². The van der Waals surface area contributed by atoms with Gasteiger partial charge < -0.3 is 84.0 Å². The summed E-state index contributed by atoms with van der Waals surface area (Å²) < 4.78 is 0. The second-order valence-electron chi connectivity index (χ2n) is 21.7. The molecule has 10 amide bonds. The fourth-order valence-electron chi connectivity index (χ4n) is 9.77. The van der Waals surface area contributed by atoms with E-state index in [0.29, 0.717) is 23.1 Å². The normalized spacial score (nSPS) is 17.3. The van der Waals surface area contributed by atoms with Crippen LogP contribution in [0.3, 0.4) is 0 Å². The number of benzene rings is 3.